The van der Waals surface area contributed by atoms with Crippen LogP contribution in [0.15, 0.2) is 53.1 Å². The van der Waals surface area contributed by atoms with Crippen LogP contribution in [0, 0.1) is 0 Å². The van der Waals surface area contributed by atoms with Crippen LogP contribution in [0.5, 0.6) is 0 Å². The molecule has 0 aliphatic carbocycles. The van der Waals surface area contributed by atoms with E-state index in [1.165, 1.54) is 12.1 Å². The number of aryl methyl sites for hydroxylation is 1. The van der Waals surface area contributed by atoms with Crippen molar-refractivity contribution in [3.63, 3.8) is 0 Å². The van der Waals surface area contributed by atoms with Crippen LogP contribution in [0.4, 0.5) is 13.2 Å². The zero-order chi connectivity index (χ0) is 23.4. The van der Waals surface area contributed by atoms with Crippen molar-refractivity contribution in [3.8, 4) is 11.4 Å². The van der Waals surface area contributed by atoms with Gasteiger partial charge in [0.15, 0.2) is 0 Å². The first-order valence-electron chi connectivity index (χ1n) is 10.5. The predicted octanol–water partition coefficient (Wildman–Crippen LogP) is 4.69. The first-order chi connectivity index (χ1) is 15.8. The van der Waals surface area contributed by atoms with Gasteiger partial charge in [-0.25, -0.2) is 0 Å². The third-order valence-corrected chi connectivity index (χ3v) is 5.79. The van der Waals surface area contributed by atoms with Gasteiger partial charge in [0.1, 0.15) is 0 Å². The number of hydrogen-bond donors (Lipinski definition) is 0. The molecule has 3 aromatic rings. The zero-order valence-electron chi connectivity index (χ0n) is 17.7. The molecule has 1 fully saturated rings. The number of benzene rings is 2. The molecule has 1 amide bonds. The summed E-state index contributed by atoms with van der Waals surface area (Å²) in [4.78, 5) is 20.8. The molecule has 33 heavy (non-hydrogen) atoms. The molecule has 10 heteroatoms. The van der Waals surface area contributed by atoms with Crippen molar-refractivity contribution in [2.45, 2.75) is 25.6 Å². The van der Waals surface area contributed by atoms with Crippen molar-refractivity contribution in [3.05, 3.63) is 70.6 Å². The molecule has 0 atom stereocenters. The SMILES string of the molecule is O=C(CCc1nc(-c2ccc(Cl)cc2)no1)N1CCN(Cc2ccc(C(F)(F)F)cc2)CC1. The van der Waals surface area contributed by atoms with E-state index in [9.17, 15) is 18.0 Å². The van der Waals surface area contributed by atoms with Gasteiger partial charge in [0, 0.05) is 56.2 Å². The average molecular weight is 479 g/mol. The van der Waals surface area contributed by atoms with E-state index in [0.717, 1.165) is 23.3 Å². The first kappa shape index (κ1) is 23.3. The molecule has 1 saturated heterocycles. The van der Waals surface area contributed by atoms with Gasteiger partial charge in [-0.2, -0.15) is 18.2 Å². The summed E-state index contributed by atoms with van der Waals surface area (Å²) >= 11 is 5.89. The van der Waals surface area contributed by atoms with E-state index in [-0.39, 0.29) is 12.3 Å². The topological polar surface area (TPSA) is 62.5 Å². The second kappa shape index (κ2) is 9.93. The largest absolute Gasteiger partial charge is 0.416 e. The third-order valence-electron chi connectivity index (χ3n) is 5.54. The molecule has 2 heterocycles. The number of piperazine rings is 1. The second-order valence-corrected chi connectivity index (χ2v) is 8.31. The van der Waals surface area contributed by atoms with Crippen LogP contribution >= 0.6 is 11.6 Å². The van der Waals surface area contributed by atoms with Crippen molar-refractivity contribution in [2.75, 3.05) is 26.2 Å². The highest BCUT2D eigenvalue weighted by molar-refractivity contribution is 6.30. The van der Waals surface area contributed by atoms with Crippen LogP contribution < -0.4 is 0 Å². The van der Waals surface area contributed by atoms with E-state index in [2.05, 4.69) is 15.0 Å². The van der Waals surface area contributed by atoms with E-state index in [0.29, 0.717) is 55.9 Å². The Morgan fingerprint density at radius 2 is 1.67 bits per heavy atom. The van der Waals surface area contributed by atoms with E-state index < -0.39 is 11.7 Å². The van der Waals surface area contributed by atoms with Gasteiger partial charge in [0.25, 0.3) is 0 Å². The molecular formula is C23H22ClF3N4O2. The Kier molecular flexibility index (Phi) is 6.99. The Balaban J connectivity index is 1.22. The normalized spacial score (nSPS) is 15.1. The number of rotatable bonds is 6. The lowest BCUT2D eigenvalue weighted by Gasteiger charge is -2.34. The zero-order valence-corrected chi connectivity index (χ0v) is 18.4. The fourth-order valence-corrected chi connectivity index (χ4v) is 3.78. The van der Waals surface area contributed by atoms with Crippen LogP contribution in [0.25, 0.3) is 11.4 Å². The molecule has 0 bridgehead atoms. The minimum atomic E-state index is -4.33. The molecule has 0 unspecified atom stereocenters. The van der Waals surface area contributed by atoms with Crippen molar-refractivity contribution in [1.29, 1.82) is 0 Å². The van der Waals surface area contributed by atoms with Crippen LogP contribution in [0.3, 0.4) is 0 Å². The van der Waals surface area contributed by atoms with Gasteiger partial charge in [0.2, 0.25) is 17.6 Å². The summed E-state index contributed by atoms with van der Waals surface area (Å²) in [5.74, 6) is 0.857. The summed E-state index contributed by atoms with van der Waals surface area (Å²) in [6, 6.07) is 12.3. The molecule has 0 radical (unpaired) electrons. The molecule has 174 valence electrons. The number of hydrogen-bond acceptors (Lipinski definition) is 5. The highest BCUT2D eigenvalue weighted by Gasteiger charge is 2.30. The number of carbonyl (C=O) groups excluding carboxylic acids is 1. The third kappa shape index (κ3) is 6.11. The minimum Gasteiger partial charge on any atom is -0.340 e. The van der Waals surface area contributed by atoms with Crippen molar-refractivity contribution >= 4 is 17.5 Å². The Hall–Kier alpha value is -2.91. The number of aromatic nitrogens is 2. The molecule has 6 nitrogen and oxygen atoms in total. The standard InChI is InChI=1S/C23H22ClF3N4O2/c24-19-7-3-17(4-8-19)22-28-20(33-29-22)9-10-21(32)31-13-11-30(12-14-31)15-16-1-5-18(6-2-16)23(25,26)27/h1-8H,9-15H2. The number of amides is 1. The predicted molar refractivity (Wildman–Crippen MR) is 116 cm³/mol. The Morgan fingerprint density at radius 3 is 2.30 bits per heavy atom. The van der Waals surface area contributed by atoms with Gasteiger partial charge in [-0.05, 0) is 42.0 Å². The molecule has 0 saturated carbocycles. The highest BCUT2D eigenvalue weighted by atomic mass is 35.5. The minimum absolute atomic E-state index is 0.00965. The summed E-state index contributed by atoms with van der Waals surface area (Å²) < 4.78 is 43.3. The van der Waals surface area contributed by atoms with Gasteiger partial charge in [-0.1, -0.05) is 28.9 Å². The van der Waals surface area contributed by atoms with Gasteiger partial charge in [0.05, 0.1) is 5.56 Å². The molecule has 1 aliphatic rings. The van der Waals surface area contributed by atoms with E-state index >= 15 is 0 Å². The number of alkyl halides is 3. The maximum Gasteiger partial charge on any atom is 0.416 e. The van der Waals surface area contributed by atoms with E-state index in [1.807, 2.05) is 0 Å². The Morgan fingerprint density at radius 1 is 1.00 bits per heavy atom. The molecular weight excluding hydrogens is 457 g/mol. The van der Waals surface area contributed by atoms with Crippen LogP contribution in [-0.2, 0) is 23.9 Å². The summed E-state index contributed by atoms with van der Waals surface area (Å²) in [6.45, 7) is 3.01. The van der Waals surface area contributed by atoms with Gasteiger partial charge in [-0.3, -0.25) is 9.69 Å². The van der Waals surface area contributed by atoms with Gasteiger partial charge >= 0.3 is 6.18 Å². The summed E-state index contributed by atoms with van der Waals surface area (Å²) in [6.07, 6.45) is -3.71. The fourth-order valence-electron chi connectivity index (χ4n) is 3.66. The van der Waals surface area contributed by atoms with Crippen molar-refractivity contribution in [2.24, 2.45) is 0 Å². The number of halogens is 4. The first-order valence-corrected chi connectivity index (χ1v) is 10.9. The van der Waals surface area contributed by atoms with Gasteiger partial charge < -0.3 is 9.42 Å². The fraction of sp³-hybridized carbons (Fsp3) is 0.348. The Bertz CT molecular complexity index is 1080. The summed E-state index contributed by atoms with van der Waals surface area (Å²) in [5.41, 5.74) is 0.948. The second-order valence-electron chi connectivity index (χ2n) is 7.87. The quantitative estimate of drug-likeness (QED) is 0.514. The van der Waals surface area contributed by atoms with Crippen LogP contribution in [0.2, 0.25) is 5.02 Å². The highest BCUT2D eigenvalue weighted by Crippen LogP contribution is 2.29. The van der Waals surface area contributed by atoms with Crippen molar-refractivity contribution < 1.29 is 22.5 Å². The molecule has 0 spiro atoms. The maximum atomic E-state index is 12.7. The van der Waals surface area contributed by atoms with E-state index in [4.69, 9.17) is 16.1 Å². The van der Waals surface area contributed by atoms with Gasteiger partial charge in [-0.15, -0.1) is 0 Å². The monoisotopic (exact) mass is 478 g/mol. The molecule has 1 aliphatic heterocycles. The molecule has 1 aromatic heterocycles. The van der Waals surface area contributed by atoms with E-state index in [1.54, 1.807) is 29.2 Å². The summed E-state index contributed by atoms with van der Waals surface area (Å²) in [5, 5.41) is 4.57. The number of carbonyl (C=O) groups is 1. The maximum absolute atomic E-state index is 12.7. The summed E-state index contributed by atoms with van der Waals surface area (Å²) in [7, 11) is 0. The van der Waals surface area contributed by atoms with Crippen molar-refractivity contribution in [1.82, 2.24) is 19.9 Å². The lowest BCUT2D eigenvalue weighted by atomic mass is 10.1. The Labute approximate surface area is 193 Å². The molecule has 2 aromatic carbocycles. The van der Waals surface area contributed by atoms with Crippen LogP contribution in [-0.4, -0.2) is 52.0 Å². The molecule has 4 rings (SSSR count). The lowest BCUT2D eigenvalue weighted by molar-refractivity contribution is -0.137. The average Bonchev–Trinajstić information content (AvgIpc) is 3.27. The lowest BCUT2D eigenvalue weighted by Crippen LogP contribution is -2.48. The van der Waals surface area contributed by atoms with Crippen LogP contribution in [0.1, 0.15) is 23.4 Å². The molecule has 0 N–H and O–H groups in total. The smallest absolute Gasteiger partial charge is 0.340 e. The number of nitrogens with zero attached hydrogens (tertiary/aromatic N) is 4.